The second-order valence-electron chi connectivity index (χ2n) is 7.83. The number of hydrogen-bond acceptors (Lipinski definition) is 3. The third kappa shape index (κ3) is 5.32. The van der Waals surface area contributed by atoms with E-state index in [-0.39, 0.29) is 41.1 Å². The van der Waals surface area contributed by atoms with Crippen molar-refractivity contribution in [1.29, 1.82) is 0 Å². The molecule has 0 bridgehead atoms. The zero-order valence-electron chi connectivity index (χ0n) is 17.1. The van der Waals surface area contributed by atoms with Crippen LogP contribution in [0.4, 0.5) is 4.39 Å². The number of guanidine groups is 1. The maximum atomic E-state index is 13.6. The predicted octanol–water partition coefficient (Wildman–Crippen LogP) is 3.68. The van der Waals surface area contributed by atoms with Gasteiger partial charge in [-0.2, -0.15) is 0 Å². The fraction of sp³-hybridized carbons (Fsp3) is 0.455. The van der Waals surface area contributed by atoms with E-state index in [1.807, 2.05) is 11.0 Å². The number of rotatable bonds is 6. The fourth-order valence-electron chi connectivity index (χ4n) is 3.92. The molecule has 2 aliphatic rings. The van der Waals surface area contributed by atoms with Crippen molar-refractivity contribution in [1.82, 2.24) is 15.5 Å². The van der Waals surface area contributed by atoms with E-state index >= 15 is 0 Å². The molecule has 1 fully saturated rings. The smallest absolute Gasteiger partial charge is 0.224 e. The Morgan fingerprint density at radius 3 is 2.87 bits per heavy atom. The van der Waals surface area contributed by atoms with Crippen molar-refractivity contribution in [2.75, 3.05) is 26.7 Å². The van der Waals surface area contributed by atoms with Crippen molar-refractivity contribution < 1.29 is 9.18 Å². The molecule has 0 radical (unpaired) electrons. The highest BCUT2D eigenvalue weighted by Gasteiger charge is 2.44. The van der Waals surface area contributed by atoms with E-state index in [0.717, 1.165) is 37.9 Å². The molecule has 5 nitrogen and oxygen atoms in total. The van der Waals surface area contributed by atoms with Crippen molar-refractivity contribution in [3.63, 3.8) is 0 Å². The van der Waals surface area contributed by atoms with Crippen LogP contribution in [0.1, 0.15) is 35.3 Å². The molecular formula is C22H28FIN4OS. The largest absolute Gasteiger partial charge is 0.356 e. The minimum Gasteiger partial charge on any atom is -0.356 e. The maximum Gasteiger partial charge on any atom is 0.224 e. The summed E-state index contributed by atoms with van der Waals surface area (Å²) in [4.78, 5) is 20.1. The monoisotopic (exact) mass is 542 g/mol. The van der Waals surface area contributed by atoms with E-state index in [9.17, 15) is 9.18 Å². The summed E-state index contributed by atoms with van der Waals surface area (Å²) >= 11 is 1.78. The van der Waals surface area contributed by atoms with Crippen LogP contribution in [0, 0.1) is 5.82 Å². The van der Waals surface area contributed by atoms with Gasteiger partial charge in [0.25, 0.3) is 0 Å². The number of hydrogen-bond donors (Lipinski definition) is 2. The van der Waals surface area contributed by atoms with E-state index in [1.165, 1.54) is 16.5 Å². The minimum absolute atomic E-state index is 0. The lowest BCUT2D eigenvalue weighted by molar-refractivity contribution is -0.131. The molecular weight excluding hydrogens is 514 g/mol. The van der Waals surface area contributed by atoms with Crippen LogP contribution < -0.4 is 10.6 Å². The van der Waals surface area contributed by atoms with Gasteiger partial charge in [-0.25, -0.2) is 4.39 Å². The second kappa shape index (κ2) is 10.1. The highest BCUT2D eigenvalue weighted by Crippen LogP contribution is 2.47. The Bertz CT molecular complexity index is 912. The highest BCUT2D eigenvalue weighted by molar-refractivity contribution is 14.0. The molecule has 2 heterocycles. The first-order valence-corrected chi connectivity index (χ1v) is 11.0. The number of aliphatic imine (C=N–C) groups is 1. The second-order valence-corrected chi connectivity index (χ2v) is 8.83. The zero-order chi connectivity index (χ0) is 20.3. The summed E-state index contributed by atoms with van der Waals surface area (Å²) in [6, 6.07) is 8.98. The molecule has 1 aromatic heterocycles. The molecule has 1 saturated carbocycles. The van der Waals surface area contributed by atoms with Gasteiger partial charge >= 0.3 is 0 Å². The Morgan fingerprint density at radius 1 is 1.30 bits per heavy atom. The summed E-state index contributed by atoms with van der Waals surface area (Å²) in [6.45, 7) is 2.77. The molecule has 162 valence electrons. The molecule has 1 amide bonds. The number of fused-ring (bicyclic) bond motifs is 1. The van der Waals surface area contributed by atoms with Gasteiger partial charge in [-0.1, -0.05) is 12.1 Å². The van der Waals surface area contributed by atoms with Crippen LogP contribution >= 0.6 is 35.3 Å². The number of carbonyl (C=O) groups excluding carboxylic acids is 1. The predicted molar refractivity (Wildman–Crippen MR) is 130 cm³/mol. The molecule has 1 aromatic carbocycles. The van der Waals surface area contributed by atoms with E-state index < -0.39 is 0 Å². The van der Waals surface area contributed by atoms with Gasteiger partial charge in [0.05, 0.1) is 0 Å². The van der Waals surface area contributed by atoms with E-state index in [0.29, 0.717) is 25.5 Å². The van der Waals surface area contributed by atoms with E-state index in [2.05, 4.69) is 27.1 Å². The highest BCUT2D eigenvalue weighted by atomic mass is 127. The van der Waals surface area contributed by atoms with Crippen molar-refractivity contribution in [3.8, 4) is 0 Å². The van der Waals surface area contributed by atoms with Crippen LogP contribution in [0.3, 0.4) is 0 Å². The molecule has 2 N–H and O–H groups in total. The van der Waals surface area contributed by atoms with Crippen molar-refractivity contribution in [3.05, 3.63) is 57.5 Å². The van der Waals surface area contributed by atoms with Crippen LogP contribution in [0.2, 0.25) is 0 Å². The van der Waals surface area contributed by atoms with Gasteiger partial charge in [0, 0.05) is 49.9 Å². The Hall–Kier alpha value is -1.68. The number of halogens is 2. The number of nitrogens with one attached hydrogen (secondary N) is 2. The first kappa shape index (κ1) is 23.0. The Kier molecular flexibility index (Phi) is 7.73. The number of thiophene rings is 1. The van der Waals surface area contributed by atoms with Gasteiger partial charge in [-0.05, 0) is 54.0 Å². The average Bonchev–Trinajstić information content (AvgIpc) is 3.38. The van der Waals surface area contributed by atoms with E-state index in [4.69, 9.17) is 0 Å². The third-order valence-corrected chi connectivity index (χ3v) is 6.92. The normalized spacial score (nSPS) is 17.0. The van der Waals surface area contributed by atoms with Gasteiger partial charge in [-0.3, -0.25) is 9.79 Å². The minimum atomic E-state index is -0.193. The summed E-state index contributed by atoms with van der Waals surface area (Å²) in [5.41, 5.74) is 2.31. The standard InChI is InChI=1S/C22H27FN4OS.HI/c1-24-21(26-15-22(8-9-22)17-3-2-4-18(23)13-17)25-10-5-20(28)27-11-6-19-16(14-27)7-12-29-19;/h2-4,7,12-13H,5-6,8-11,14-15H2,1H3,(H2,24,25,26);1H. The van der Waals surface area contributed by atoms with Crippen LogP contribution in [0.25, 0.3) is 0 Å². The summed E-state index contributed by atoms with van der Waals surface area (Å²) < 4.78 is 13.6. The molecule has 2 aromatic rings. The van der Waals surface area contributed by atoms with Gasteiger partial charge in [-0.15, -0.1) is 35.3 Å². The topological polar surface area (TPSA) is 56.7 Å². The number of nitrogens with zero attached hydrogens (tertiary/aromatic N) is 2. The zero-order valence-corrected chi connectivity index (χ0v) is 20.3. The Balaban J connectivity index is 0.00000256. The maximum absolute atomic E-state index is 13.6. The fourth-order valence-corrected chi connectivity index (χ4v) is 4.81. The lowest BCUT2D eigenvalue weighted by atomic mass is 9.96. The first-order valence-electron chi connectivity index (χ1n) is 10.1. The third-order valence-electron chi connectivity index (χ3n) is 5.90. The molecule has 30 heavy (non-hydrogen) atoms. The van der Waals surface area contributed by atoms with Gasteiger partial charge in [0.15, 0.2) is 5.96 Å². The SMILES string of the molecule is CN=C(NCCC(=O)N1CCc2sccc2C1)NCC1(c2cccc(F)c2)CC1.I. The van der Waals surface area contributed by atoms with Crippen molar-refractivity contribution >= 4 is 47.2 Å². The van der Waals surface area contributed by atoms with Crippen molar-refractivity contribution in [2.45, 2.75) is 37.6 Å². The lowest BCUT2D eigenvalue weighted by Gasteiger charge is -2.27. The Morgan fingerprint density at radius 2 is 2.13 bits per heavy atom. The quantitative estimate of drug-likeness (QED) is 0.333. The molecule has 8 heteroatoms. The summed E-state index contributed by atoms with van der Waals surface area (Å²) in [7, 11) is 1.72. The Labute approximate surface area is 198 Å². The lowest BCUT2D eigenvalue weighted by Crippen LogP contribution is -2.43. The van der Waals surface area contributed by atoms with Crippen LogP contribution in [0.15, 0.2) is 40.7 Å². The molecule has 0 unspecified atom stereocenters. The van der Waals surface area contributed by atoms with Crippen LogP contribution in [-0.2, 0) is 23.2 Å². The molecule has 0 saturated heterocycles. The molecule has 1 aliphatic carbocycles. The molecule has 0 spiro atoms. The van der Waals surface area contributed by atoms with Crippen molar-refractivity contribution in [2.24, 2.45) is 4.99 Å². The first-order chi connectivity index (χ1) is 14.1. The average molecular weight is 542 g/mol. The van der Waals surface area contributed by atoms with Crippen LogP contribution in [0.5, 0.6) is 0 Å². The van der Waals surface area contributed by atoms with Crippen LogP contribution in [-0.4, -0.2) is 43.4 Å². The van der Waals surface area contributed by atoms with Gasteiger partial charge in [0.2, 0.25) is 5.91 Å². The van der Waals surface area contributed by atoms with Gasteiger partial charge < -0.3 is 15.5 Å². The number of carbonyl (C=O) groups is 1. The summed E-state index contributed by atoms with van der Waals surface area (Å²) in [5, 5.41) is 8.69. The molecule has 0 atom stereocenters. The molecule has 1 aliphatic heterocycles. The number of benzene rings is 1. The van der Waals surface area contributed by atoms with Gasteiger partial charge in [0.1, 0.15) is 5.82 Å². The summed E-state index contributed by atoms with van der Waals surface area (Å²) in [5.74, 6) is 0.657. The molecule has 4 rings (SSSR count). The van der Waals surface area contributed by atoms with E-state index in [1.54, 1.807) is 30.5 Å². The summed E-state index contributed by atoms with van der Waals surface area (Å²) in [6.07, 6.45) is 3.48. The number of amides is 1.